The molecule has 0 radical (unpaired) electrons. The summed E-state index contributed by atoms with van der Waals surface area (Å²) in [5, 5.41) is 11.7. The standard InChI is InChI=1S/C23H23F3N6O/c1-31-21(16-5-2-3-6-17(16)30-31)22(33)28-15-11-9-14(10-12-15)27-19-7-4-8-20-29-18(13-32(19)20)23(24,25)26/h2-8,13-15,27H,9-12H2,1H3,(H,28,33). The van der Waals surface area contributed by atoms with E-state index in [-0.39, 0.29) is 23.6 Å². The summed E-state index contributed by atoms with van der Waals surface area (Å²) in [6, 6.07) is 12.7. The Hall–Kier alpha value is -3.56. The molecule has 1 fully saturated rings. The number of hydrogen-bond donors (Lipinski definition) is 2. The molecule has 33 heavy (non-hydrogen) atoms. The van der Waals surface area contributed by atoms with E-state index in [0.717, 1.165) is 42.8 Å². The van der Waals surface area contributed by atoms with Gasteiger partial charge in [-0.05, 0) is 43.9 Å². The van der Waals surface area contributed by atoms with Crippen molar-refractivity contribution >= 4 is 28.3 Å². The minimum Gasteiger partial charge on any atom is -0.368 e. The van der Waals surface area contributed by atoms with Gasteiger partial charge in [0.05, 0.1) is 5.52 Å². The molecule has 0 aliphatic heterocycles. The van der Waals surface area contributed by atoms with Crippen LogP contribution in [0.15, 0.2) is 48.7 Å². The molecule has 1 aliphatic carbocycles. The van der Waals surface area contributed by atoms with Crippen LogP contribution >= 0.6 is 0 Å². The van der Waals surface area contributed by atoms with Crippen LogP contribution in [0.5, 0.6) is 0 Å². The van der Waals surface area contributed by atoms with Crippen LogP contribution in [-0.2, 0) is 13.2 Å². The number of anilines is 1. The van der Waals surface area contributed by atoms with Crippen LogP contribution in [0.25, 0.3) is 16.6 Å². The molecule has 1 amide bonds. The molecule has 172 valence electrons. The quantitative estimate of drug-likeness (QED) is 0.478. The average Bonchev–Trinajstić information content (AvgIpc) is 3.36. The Bertz CT molecular complexity index is 1320. The molecule has 0 unspecified atom stereocenters. The molecule has 1 aliphatic rings. The van der Waals surface area contributed by atoms with E-state index in [0.29, 0.717) is 11.5 Å². The number of nitrogens with one attached hydrogen (secondary N) is 2. The molecule has 1 aromatic carbocycles. The van der Waals surface area contributed by atoms with E-state index in [1.165, 1.54) is 4.40 Å². The molecule has 5 rings (SSSR count). The van der Waals surface area contributed by atoms with Gasteiger partial charge in [-0.2, -0.15) is 18.3 Å². The second kappa shape index (κ2) is 8.09. The summed E-state index contributed by atoms with van der Waals surface area (Å²) in [7, 11) is 1.76. The Balaban J connectivity index is 1.23. The normalized spacial score (nSPS) is 19.2. The molecular weight excluding hydrogens is 433 g/mol. The van der Waals surface area contributed by atoms with Crippen molar-refractivity contribution in [1.29, 1.82) is 0 Å². The first-order valence-electron chi connectivity index (χ1n) is 10.8. The smallest absolute Gasteiger partial charge is 0.368 e. The number of imidazole rings is 1. The number of nitrogens with zero attached hydrogens (tertiary/aromatic N) is 4. The van der Waals surface area contributed by atoms with Crippen LogP contribution in [-0.4, -0.2) is 37.2 Å². The molecule has 0 atom stereocenters. The number of aromatic nitrogens is 4. The van der Waals surface area contributed by atoms with E-state index in [2.05, 4.69) is 20.7 Å². The summed E-state index contributed by atoms with van der Waals surface area (Å²) in [6.45, 7) is 0. The number of carbonyl (C=O) groups is 1. The van der Waals surface area contributed by atoms with Gasteiger partial charge in [0.15, 0.2) is 5.69 Å². The first-order chi connectivity index (χ1) is 15.8. The summed E-state index contributed by atoms with van der Waals surface area (Å²) in [5.41, 5.74) is 0.654. The Kier molecular flexibility index (Phi) is 5.22. The molecule has 0 spiro atoms. The van der Waals surface area contributed by atoms with Gasteiger partial charge in [0, 0.05) is 30.7 Å². The van der Waals surface area contributed by atoms with E-state index in [1.807, 2.05) is 24.3 Å². The van der Waals surface area contributed by atoms with Gasteiger partial charge >= 0.3 is 6.18 Å². The zero-order chi connectivity index (χ0) is 23.2. The van der Waals surface area contributed by atoms with E-state index in [9.17, 15) is 18.0 Å². The fraction of sp³-hybridized carbons (Fsp3) is 0.348. The summed E-state index contributed by atoms with van der Waals surface area (Å²) in [4.78, 5) is 16.6. The lowest BCUT2D eigenvalue weighted by Crippen LogP contribution is -2.40. The van der Waals surface area contributed by atoms with Crippen molar-refractivity contribution in [2.24, 2.45) is 7.05 Å². The molecule has 2 N–H and O–H groups in total. The topological polar surface area (TPSA) is 76.2 Å². The van der Waals surface area contributed by atoms with E-state index >= 15 is 0 Å². The second-order valence-electron chi connectivity index (χ2n) is 8.42. The molecular formula is C23H23F3N6O. The number of pyridine rings is 1. The lowest BCUT2D eigenvalue weighted by Gasteiger charge is -2.30. The van der Waals surface area contributed by atoms with Gasteiger partial charge < -0.3 is 10.6 Å². The summed E-state index contributed by atoms with van der Waals surface area (Å²) < 4.78 is 42.2. The maximum absolute atomic E-state index is 13.0. The maximum Gasteiger partial charge on any atom is 0.434 e. The van der Waals surface area contributed by atoms with Crippen molar-refractivity contribution < 1.29 is 18.0 Å². The number of halogens is 3. The largest absolute Gasteiger partial charge is 0.434 e. The molecule has 3 aromatic heterocycles. The zero-order valence-electron chi connectivity index (χ0n) is 17.9. The number of fused-ring (bicyclic) bond motifs is 2. The fourth-order valence-corrected chi connectivity index (χ4v) is 4.53. The van der Waals surface area contributed by atoms with Crippen LogP contribution in [0.1, 0.15) is 41.9 Å². The SMILES string of the molecule is Cn1nc2ccccc2c1C(=O)NC1CCC(Nc2cccc3nc(C(F)(F)F)cn23)CC1. The van der Waals surface area contributed by atoms with Gasteiger partial charge in [0.25, 0.3) is 5.91 Å². The molecule has 3 heterocycles. The highest BCUT2D eigenvalue weighted by Crippen LogP contribution is 2.30. The van der Waals surface area contributed by atoms with E-state index in [4.69, 9.17) is 0 Å². The third-order valence-electron chi connectivity index (χ3n) is 6.15. The van der Waals surface area contributed by atoms with Crippen molar-refractivity contribution in [2.45, 2.75) is 43.9 Å². The average molecular weight is 456 g/mol. The Morgan fingerprint density at radius 2 is 1.76 bits per heavy atom. The molecule has 7 nitrogen and oxygen atoms in total. The summed E-state index contributed by atoms with van der Waals surface area (Å²) in [6.07, 6.45) is -0.358. The third-order valence-corrected chi connectivity index (χ3v) is 6.15. The van der Waals surface area contributed by atoms with Gasteiger partial charge in [-0.15, -0.1) is 0 Å². The molecule has 0 saturated heterocycles. The minimum atomic E-state index is -4.49. The van der Waals surface area contributed by atoms with Crippen molar-refractivity contribution in [2.75, 3.05) is 5.32 Å². The van der Waals surface area contributed by atoms with E-state index < -0.39 is 11.9 Å². The molecule has 4 aromatic rings. The molecule has 1 saturated carbocycles. The Labute approximate surface area is 187 Å². The number of hydrogen-bond acceptors (Lipinski definition) is 4. The van der Waals surface area contributed by atoms with Crippen LogP contribution in [0.4, 0.5) is 19.0 Å². The van der Waals surface area contributed by atoms with Crippen molar-refractivity contribution in [1.82, 2.24) is 24.5 Å². The van der Waals surface area contributed by atoms with Crippen molar-refractivity contribution in [3.05, 3.63) is 60.0 Å². The monoisotopic (exact) mass is 456 g/mol. The molecule has 10 heteroatoms. The highest BCUT2D eigenvalue weighted by molar-refractivity contribution is 6.05. The second-order valence-corrected chi connectivity index (χ2v) is 8.42. The van der Waals surface area contributed by atoms with Crippen molar-refractivity contribution in [3.8, 4) is 0 Å². The van der Waals surface area contributed by atoms with Gasteiger partial charge in [0.1, 0.15) is 17.2 Å². The van der Waals surface area contributed by atoms with Gasteiger partial charge in [0.2, 0.25) is 0 Å². The highest BCUT2D eigenvalue weighted by Gasteiger charge is 2.34. The molecule has 0 bridgehead atoms. The van der Waals surface area contributed by atoms with Crippen LogP contribution in [0, 0.1) is 0 Å². The Morgan fingerprint density at radius 3 is 2.52 bits per heavy atom. The van der Waals surface area contributed by atoms with Gasteiger partial charge in [-0.25, -0.2) is 4.98 Å². The number of amides is 1. The summed E-state index contributed by atoms with van der Waals surface area (Å²) >= 11 is 0. The first-order valence-corrected chi connectivity index (χ1v) is 10.8. The first kappa shape index (κ1) is 21.3. The van der Waals surface area contributed by atoms with Crippen LogP contribution in [0.3, 0.4) is 0 Å². The lowest BCUT2D eigenvalue weighted by atomic mass is 9.91. The number of alkyl halides is 3. The van der Waals surface area contributed by atoms with Crippen LogP contribution in [0.2, 0.25) is 0 Å². The van der Waals surface area contributed by atoms with Gasteiger partial charge in [-0.1, -0.05) is 24.3 Å². The van der Waals surface area contributed by atoms with E-state index in [1.54, 1.807) is 29.9 Å². The van der Waals surface area contributed by atoms with Crippen molar-refractivity contribution in [3.63, 3.8) is 0 Å². The maximum atomic E-state index is 13.0. The lowest BCUT2D eigenvalue weighted by molar-refractivity contribution is -0.140. The predicted molar refractivity (Wildman–Crippen MR) is 118 cm³/mol. The summed E-state index contributed by atoms with van der Waals surface area (Å²) in [5.74, 6) is 0.426. The van der Waals surface area contributed by atoms with Gasteiger partial charge in [-0.3, -0.25) is 13.9 Å². The number of rotatable bonds is 4. The highest BCUT2D eigenvalue weighted by atomic mass is 19.4. The number of benzene rings is 1. The zero-order valence-corrected chi connectivity index (χ0v) is 17.9. The minimum absolute atomic E-state index is 0.0325. The predicted octanol–water partition coefficient (Wildman–Crippen LogP) is 4.39. The fourth-order valence-electron chi connectivity index (χ4n) is 4.53. The number of carbonyl (C=O) groups excluding carboxylic acids is 1. The number of aryl methyl sites for hydroxylation is 1. The third kappa shape index (κ3) is 4.12. The Morgan fingerprint density at radius 1 is 1.03 bits per heavy atom. The van der Waals surface area contributed by atoms with Crippen LogP contribution < -0.4 is 10.6 Å².